The van der Waals surface area contributed by atoms with Crippen LogP contribution < -0.4 is 5.32 Å². The second kappa shape index (κ2) is 5.21. The molecule has 3 heteroatoms. The third-order valence-electron chi connectivity index (χ3n) is 5.08. The van der Waals surface area contributed by atoms with Crippen LogP contribution in [0.3, 0.4) is 0 Å². The highest BCUT2D eigenvalue weighted by Gasteiger charge is 2.49. The minimum absolute atomic E-state index is 0.00192. The summed E-state index contributed by atoms with van der Waals surface area (Å²) in [6, 6.07) is 10.7. The Morgan fingerprint density at radius 2 is 2.10 bits per heavy atom. The van der Waals surface area contributed by atoms with Crippen molar-refractivity contribution in [1.29, 1.82) is 0 Å². The molecule has 1 aromatic rings. The van der Waals surface area contributed by atoms with Crippen molar-refractivity contribution in [2.75, 3.05) is 13.1 Å². The Balaban J connectivity index is 1.66. The number of carbonyl (C=O) groups excluding carboxylic acids is 1. The molecule has 0 radical (unpaired) electrons. The van der Waals surface area contributed by atoms with Crippen LogP contribution in [0.25, 0.3) is 0 Å². The van der Waals surface area contributed by atoms with E-state index >= 15 is 0 Å². The molecule has 1 amide bonds. The van der Waals surface area contributed by atoms with E-state index < -0.39 is 0 Å². The summed E-state index contributed by atoms with van der Waals surface area (Å²) in [6.07, 6.45) is 2.37. The van der Waals surface area contributed by atoms with Crippen LogP contribution in [0.5, 0.6) is 0 Å². The fourth-order valence-corrected chi connectivity index (χ4v) is 4.17. The molecule has 2 aliphatic rings. The molecule has 1 saturated heterocycles. The van der Waals surface area contributed by atoms with Crippen LogP contribution in [0, 0.1) is 11.8 Å². The number of benzene rings is 1. The summed E-state index contributed by atoms with van der Waals surface area (Å²) in [7, 11) is 0. The van der Waals surface area contributed by atoms with Gasteiger partial charge in [0.15, 0.2) is 0 Å². The van der Waals surface area contributed by atoms with Gasteiger partial charge in [-0.2, -0.15) is 0 Å². The molecule has 3 unspecified atom stereocenters. The lowest BCUT2D eigenvalue weighted by Gasteiger charge is -2.32. The van der Waals surface area contributed by atoms with Crippen molar-refractivity contribution in [3.8, 4) is 0 Å². The van der Waals surface area contributed by atoms with Gasteiger partial charge in [-0.05, 0) is 37.2 Å². The molecular weight excluding hydrogens is 248 g/mol. The predicted molar refractivity (Wildman–Crippen MR) is 80.2 cm³/mol. The van der Waals surface area contributed by atoms with Gasteiger partial charge < -0.3 is 5.32 Å². The Kier molecular flexibility index (Phi) is 3.55. The molecule has 20 heavy (non-hydrogen) atoms. The number of hydrogen-bond acceptors (Lipinski definition) is 2. The van der Waals surface area contributed by atoms with Crippen LogP contribution in [0.2, 0.25) is 0 Å². The molecule has 1 aromatic carbocycles. The Hall–Kier alpha value is -1.35. The molecule has 3 nitrogen and oxygen atoms in total. The Morgan fingerprint density at radius 3 is 2.80 bits per heavy atom. The first-order chi connectivity index (χ1) is 9.57. The fourth-order valence-electron chi connectivity index (χ4n) is 4.17. The molecule has 1 saturated carbocycles. The number of likely N-dealkylation sites (tertiary alicyclic amines) is 1. The Morgan fingerprint density at radius 1 is 1.35 bits per heavy atom. The van der Waals surface area contributed by atoms with Crippen molar-refractivity contribution < 1.29 is 4.79 Å². The van der Waals surface area contributed by atoms with Crippen LogP contribution in [-0.2, 0) is 11.3 Å². The van der Waals surface area contributed by atoms with Gasteiger partial charge in [-0.3, -0.25) is 9.69 Å². The number of carbonyl (C=O) groups is 1. The molecule has 0 aromatic heterocycles. The minimum Gasteiger partial charge on any atom is -0.351 e. The maximum absolute atomic E-state index is 11.4. The maximum Gasteiger partial charge on any atom is 0.217 e. The number of rotatable bonds is 3. The SMILES string of the molecule is CC(=O)NC1(C)CCC2CN(Cc3ccccc3)CC21. The highest BCUT2D eigenvalue weighted by atomic mass is 16.1. The zero-order valence-electron chi connectivity index (χ0n) is 12.4. The Labute approximate surface area is 121 Å². The van der Waals surface area contributed by atoms with E-state index in [4.69, 9.17) is 0 Å². The van der Waals surface area contributed by atoms with Gasteiger partial charge in [0.2, 0.25) is 5.91 Å². The minimum atomic E-state index is 0.00192. The standard InChI is InChI=1S/C17H24N2O/c1-13(20)18-17(2)9-8-15-11-19(12-16(15)17)10-14-6-4-3-5-7-14/h3-7,15-16H,8-12H2,1-2H3,(H,18,20). The van der Waals surface area contributed by atoms with Crippen LogP contribution in [-0.4, -0.2) is 29.4 Å². The number of nitrogens with one attached hydrogen (secondary N) is 1. The lowest BCUT2D eigenvalue weighted by Crippen LogP contribution is -2.49. The molecular formula is C17H24N2O. The third kappa shape index (κ3) is 2.59. The molecule has 3 atom stereocenters. The van der Waals surface area contributed by atoms with E-state index in [1.807, 2.05) is 0 Å². The quantitative estimate of drug-likeness (QED) is 0.916. The summed E-state index contributed by atoms with van der Waals surface area (Å²) >= 11 is 0. The van der Waals surface area contributed by atoms with Crippen LogP contribution >= 0.6 is 0 Å². The summed E-state index contributed by atoms with van der Waals surface area (Å²) in [6.45, 7) is 7.18. The number of hydrogen-bond donors (Lipinski definition) is 1. The fraction of sp³-hybridized carbons (Fsp3) is 0.588. The maximum atomic E-state index is 11.4. The first-order valence-electron chi connectivity index (χ1n) is 7.62. The zero-order valence-corrected chi connectivity index (χ0v) is 12.4. The van der Waals surface area contributed by atoms with Crippen LogP contribution in [0.1, 0.15) is 32.3 Å². The van der Waals surface area contributed by atoms with Crippen LogP contribution in [0.4, 0.5) is 0 Å². The summed E-state index contributed by atoms with van der Waals surface area (Å²) in [5, 5.41) is 3.21. The van der Waals surface area contributed by atoms with Gasteiger partial charge in [0.25, 0.3) is 0 Å². The highest BCUT2D eigenvalue weighted by Crippen LogP contribution is 2.45. The van der Waals surface area contributed by atoms with Crippen molar-refractivity contribution in [3.63, 3.8) is 0 Å². The highest BCUT2D eigenvalue weighted by molar-refractivity contribution is 5.73. The molecule has 1 aliphatic heterocycles. The topological polar surface area (TPSA) is 32.3 Å². The molecule has 108 valence electrons. The van der Waals surface area contributed by atoms with E-state index in [0.717, 1.165) is 25.4 Å². The number of fused-ring (bicyclic) bond motifs is 1. The van der Waals surface area contributed by atoms with Gasteiger partial charge in [0.05, 0.1) is 0 Å². The zero-order chi connectivity index (χ0) is 14.2. The van der Waals surface area contributed by atoms with E-state index in [1.54, 1.807) is 6.92 Å². The largest absolute Gasteiger partial charge is 0.351 e. The first kappa shape index (κ1) is 13.6. The molecule has 1 aliphatic carbocycles. The van der Waals surface area contributed by atoms with Gasteiger partial charge in [-0.1, -0.05) is 30.3 Å². The second-order valence-corrected chi connectivity index (χ2v) is 6.68. The van der Waals surface area contributed by atoms with Crippen molar-refractivity contribution in [2.45, 2.75) is 38.8 Å². The van der Waals surface area contributed by atoms with Crippen molar-refractivity contribution in [1.82, 2.24) is 10.2 Å². The number of amides is 1. The molecule has 2 fully saturated rings. The normalized spacial score (nSPS) is 33.1. The van der Waals surface area contributed by atoms with Crippen LogP contribution in [0.15, 0.2) is 30.3 Å². The Bertz CT molecular complexity index is 487. The first-order valence-corrected chi connectivity index (χ1v) is 7.62. The van der Waals surface area contributed by atoms with Gasteiger partial charge >= 0.3 is 0 Å². The summed E-state index contributed by atoms with van der Waals surface area (Å²) in [4.78, 5) is 14.0. The molecule has 0 spiro atoms. The second-order valence-electron chi connectivity index (χ2n) is 6.68. The third-order valence-corrected chi connectivity index (χ3v) is 5.08. The lowest BCUT2D eigenvalue weighted by molar-refractivity contribution is -0.121. The lowest BCUT2D eigenvalue weighted by atomic mass is 9.86. The summed E-state index contributed by atoms with van der Waals surface area (Å²) in [5.41, 5.74) is 1.38. The van der Waals surface area contributed by atoms with E-state index in [-0.39, 0.29) is 11.4 Å². The summed E-state index contributed by atoms with van der Waals surface area (Å²) < 4.78 is 0. The molecule has 1 N–H and O–H groups in total. The number of nitrogens with zero attached hydrogens (tertiary/aromatic N) is 1. The van der Waals surface area contributed by atoms with E-state index in [1.165, 1.54) is 18.5 Å². The smallest absolute Gasteiger partial charge is 0.217 e. The van der Waals surface area contributed by atoms with Crippen molar-refractivity contribution >= 4 is 5.91 Å². The van der Waals surface area contributed by atoms with Crippen molar-refractivity contribution in [3.05, 3.63) is 35.9 Å². The summed E-state index contributed by atoms with van der Waals surface area (Å²) in [5.74, 6) is 1.46. The van der Waals surface area contributed by atoms with E-state index in [0.29, 0.717) is 5.92 Å². The van der Waals surface area contributed by atoms with E-state index in [9.17, 15) is 4.79 Å². The van der Waals surface area contributed by atoms with Gasteiger partial charge in [0, 0.05) is 32.1 Å². The molecule has 3 rings (SSSR count). The van der Waals surface area contributed by atoms with Gasteiger partial charge in [-0.15, -0.1) is 0 Å². The average Bonchev–Trinajstić information content (AvgIpc) is 2.91. The van der Waals surface area contributed by atoms with Gasteiger partial charge in [-0.25, -0.2) is 0 Å². The monoisotopic (exact) mass is 272 g/mol. The molecule has 1 heterocycles. The van der Waals surface area contributed by atoms with Crippen molar-refractivity contribution in [2.24, 2.45) is 11.8 Å². The average molecular weight is 272 g/mol. The van der Waals surface area contributed by atoms with Gasteiger partial charge in [0.1, 0.15) is 0 Å². The van der Waals surface area contributed by atoms with E-state index in [2.05, 4.69) is 47.5 Å². The molecule has 0 bridgehead atoms. The predicted octanol–water partition coefficient (Wildman–Crippen LogP) is 2.42.